The highest BCUT2D eigenvalue weighted by atomic mass is 16.5. The first kappa shape index (κ1) is 29.2. The van der Waals surface area contributed by atoms with Crippen molar-refractivity contribution in [3.63, 3.8) is 0 Å². The molecule has 0 aliphatic rings. The van der Waals surface area contributed by atoms with Gasteiger partial charge in [-0.15, -0.1) is 0 Å². The number of pyridine rings is 2. The SMILES string of the molecule is CCN(CC)C(=O)c1cc(Oc2ccc(NC(=O)Nc3cc(C(C)C)nn3-c3ccc4ncccc4c3)c(C)c2)ccn1. The fourth-order valence-electron chi connectivity index (χ4n) is 4.67. The number of aryl methyl sites for hydroxylation is 1. The van der Waals surface area contributed by atoms with E-state index in [2.05, 4.69) is 34.4 Å². The van der Waals surface area contributed by atoms with Crippen LogP contribution in [0, 0.1) is 6.92 Å². The van der Waals surface area contributed by atoms with E-state index in [4.69, 9.17) is 9.84 Å². The lowest BCUT2D eigenvalue weighted by atomic mass is 10.1. The minimum Gasteiger partial charge on any atom is -0.457 e. The number of fused-ring (bicyclic) bond motifs is 1. The molecule has 3 aromatic heterocycles. The van der Waals surface area contributed by atoms with E-state index in [9.17, 15) is 9.59 Å². The van der Waals surface area contributed by atoms with Crippen LogP contribution in [0.5, 0.6) is 11.5 Å². The normalized spacial score (nSPS) is 11.0. The third-order valence-electron chi connectivity index (χ3n) is 7.08. The van der Waals surface area contributed by atoms with Crippen molar-refractivity contribution in [1.82, 2.24) is 24.6 Å². The first-order valence-electron chi connectivity index (χ1n) is 14.3. The van der Waals surface area contributed by atoms with Crippen LogP contribution in [0.25, 0.3) is 16.6 Å². The molecule has 0 radical (unpaired) electrons. The second-order valence-corrected chi connectivity index (χ2v) is 10.4. The Morgan fingerprint density at radius 3 is 2.44 bits per heavy atom. The molecule has 3 amide bonds. The number of hydrogen-bond acceptors (Lipinski definition) is 6. The zero-order chi connectivity index (χ0) is 30.5. The second-order valence-electron chi connectivity index (χ2n) is 10.4. The summed E-state index contributed by atoms with van der Waals surface area (Å²) >= 11 is 0. The molecule has 0 atom stereocenters. The molecule has 0 aliphatic carbocycles. The van der Waals surface area contributed by atoms with Crippen LogP contribution in [0.3, 0.4) is 0 Å². The summed E-state index contributed by atoms with van der Waals surface area (Å²) in [7, 11) is 0. The molecule has 0 saturated heterocycles. The first-order valence-corrected chi connectivity index (χ1v) is 14.3. The first-order chi connectivity index (χ1) is 20.7. The summed E-state index contributed by atoms with van der Waals surface area (Å²) in [5, 5.41) is 11.6. The summed E-state index contributed by atoms with van der Waals surface area (Å²) in [6.07, 6.45) is 3.32. The molecule has 0 unspecified atom stereocenters. The van der Waals surface area contributed by atoms with Crippen LogP contribution in [0.4, 0.5) is 16.3 Å². The monoisotopic (exact) mass is 577 g/mol. The molecule has 2 N–H and O–H groups in total. The molecule has 10 nitrogen and oxygen atoms in total. The van der Waals surface area contributed by atoms with Crippen LogP contribution in [0.15, 0.2) is 79.1 Å². The van der Waals surface area contributed by atoms with Crippen molar-refractivity contribution in [3.8, 4) is 17.2 Å². The van der Waals surface area contributed by atoms with Crippen molar-refractivity contribution in [2.24, 2.45) is 0 Å². The number of nitrogens with zero attached hydrogens (tertiary/aromatic N) is 5. The Labute approximate surface area is 250 Å². The molecular formula is C33H35N7O3. The maximum Gasteiger partial charge on any atom is 0.324 e. The number of carbonyl (C=O) groups excluding carboxylic acids is 2. The van der Waals surface area contributed by atoms with Crippen LogP contribution >= 0.6 is 0 Å². The van der Waals surface area contributed by atoms with Crippen LogP contribution in [0.1, 0.15) is 55.4 Å². The van der Waals surface area contributed by atoms with Crippen LogP contribution in [0.2, 0.25) is 0 Å². The number of carbonyl (C=O) groups is 2. The molecule has 0 bridgehead atoms. The number of ether oxygens (including phenoxy) is 1. The Balaban J connectivity index is 1.30. The summed E-state index contributed by atoms with van der Waals surface area (Å²) in [6, 6.07) is 19.9. The van der Waals surface area contributed by atoms with Crippen molar-refractivity contribution in [3.05, 3.63) is 96.1 Å². The molecule has 0 spiro atoms. The minimum atomic E-state index is -0.399. The second kappa shape index (κ2) is 12.7. The zero-order valence-electron chi connectivity index (χ0n) is 25.0. The van der Waals surface area contributed by atoms with E-state index in [1.54, 1.807) is 46.2 Å². The fourth-order valence-corrected chi connectivity index (χ4v) is 4.67. The number of benzene rings is 2. The number of nitrogens with one attached hydrogen (secondary N) is 2. The predicted molar refractivity (Wildman–Crippen MR) is 168 cm³/mol. The van der Waals surface area contributed by atoms with Gasteiger partial charge in [0.15, 0.2) is 0 Å². The molecule has 3 heterocycles. The van der Waals surface area contributed by atoms with E-state index in [-0.39, 0.29) is 11.8 Å². The number of hydrogen-bond donors (Lipinski definition) is 2. The summed E-state index contributed by atoms with van der Waals surface area (Å²) in [4.78, 5) is 36.1. The molecular weight excluding hydrogens is 542 g/mol. The minimum absolute atomic E-state index is 0.142. The Hall–Kier alpha value is -5.25. The van der Waals surface area contributed by atoms with Gasteiger partial charge in [0.25, 0.3) is 5.91 Å². The Kier molecular flexibility index (Phi) is 8.66. The van der Waals surface area contributed by atoms with Gasteiger partial charge in [0.1, 0.15) is 23.0 Å². The van der Waals surface area contributed by atoms with Gasteiger partial charge in [-0.05, 0) is 80.8 Å². The van der Waals surface area contributed by atoms with Gasteiger partial charge in [-0.1, -0.05) is 19.9 Å². The molecule has 5 aromatic rings. The van der Waals surface area contributed by atoms with E-state index in [0.717, 1.165) is 27.8 Å². The lowest BCUT2D eigenvalue weighted by Gasteiger charge is -2.18. The van der Waals surface area contributed by atoms with E-state index in [1.165, 1.54) is 0 Å². The van der Waals surface area contributed by atoms with E-state index in [1.807, 2.05) is 63.2 Å². The summed E-state index contributed by atoms with van der Waals surface area (Å²) in [6.45, 7) is 11.1. The van der Waals surface area contributed by atoms with Crippen molar-refractivity contribution >= 4 is 34.3 Å². The lowest BCUT2D eigenvalue weighted by molar-refractivity contribution is 0.0766. The Morgan fingerprint density at radius 1 is 0.907 bits per heavy atom. The smallest absolute Gasteiger partial charge is 0.324 e. The van der Waals surface area contributed by atoms with Gasteiger partial charge in [-0.3, -0.25) is 20.1 Å². The summed E-state index contributed by atoms with van der Waals surface area (Å²) in [5.41, 5.74) is 4.32. The molecule has 0 fully saturated rings. The summed E-state index contributed by atoms with van der Waals surface area (Å²) < 4.78 is 7.75. The molecule has 5 rings (SSSR count). The quantitative estimate of drug-likeness (QED) is 0.192. The highest BCUT2D eigenvalue weighted by molar-refractivity contribution is 6.00. The van der Waals surface area contributed by atoms with Gasteiger partial charge in [-0.25, -0.2) is 9.48 Å². The van der Waals surface area contributed by atoms with Crippen molar-refractivity contribution in [1.29, 1.82) is 0 Å². The Morgan fingerprint density at radius 2 is 1.70 bits per heavy atom. The third kappa shape index (κ3) is 6.64. The van der Waals surface area contributed by atoms with Gasteiger partial charge in [0.05, 0.1) is 16.9 Å². The Bertz CT molecular complexity index is 1780. The largest absolute Gasteiger partial charge is 0.457 e. The van der Waals surface area contributed by atoms with Gasteiger partial charge < -0.3 is 15.0 Å². The fraction of sp³-hybridized carbons (Fsp3) is 0.242. The van der Waals surface area contributed by atoms with Crippen LogP contribution in [-0.4, -0.2) is 49.7 Å². The molecule has 10 heteroatoms. The van der Waals surface area contributed by atoms with E-state index in [0.29, 0.717) is 41.8 Å². The average molecular weight is 578 g/mol. The highest BCUT2D eigenvalue weighted by Crippen LogP contribution is 2.28. The average Bonchev–Trinajstić information content (AvgIpc) is 3.43. The lowest BCUT2D eigenvalue weighted by Crippen LogP contribution is -2.31. The van der Waals surface area contributed by atoms with Crippen LogP contribution < -0.4 is 15.4 Å². The van der Waals surface area contributed by atoms with Gasteiger partial charge in [0, 0.05) is 48.7 Å². The number of urea groups is 1. The third-order valence-corrected chi connectivity index (χ3v) is 7.08. The number of rotatable bonds is 9. The highest BCUT2D eigenvalue weighted by Gasteiger charge is 2.17. The maximum atomic E-state index is 13.1. The molecule has 0 saturated carbocycles. The van der Waals surface area contributed by atoms with Crippen molar-refractivity contribution in [2.75, 3.05) is 23.7 Å². The topological polar surface area (TPSA) is 114 Å². The molecule has 43 heavy (non-hydrogen) atoms. The standard InChI is InChI=1S/C33H35N7O3/c1-6-39(7-2)32(41)30-19-26(14-16-35-30)43-25-11-13-27(22(5)17-25)36-33(42)37-31-20-29(21(3)4)38-40(31)24-10-12-28-23(18-24)9-8-15-34-28/h8-21H,6-7H2,1-5H3,(H2,36,37,42). The molecule has 2 aromatic carbocycles. The van der Waals surface area contributed by atoms with E-state index >= 15 is 0 Å². The van der Waals surface area contributed by atoms with Crippen molar-refractivity contribution in [2.45, 2.75) is 40.5 Å². The van der Waals surface area contributed by atoms with E-state index < -0.39 is 6.03 Å². The van der Waals surface area contributed by atoms with Crippen LogP contribution in [-0.2, 0) is 0 Å². The number of anilines is 2. The molecule has 0 aliphatic heterocycles. The number of aromatic nitrogens is 4. The van der Waals surface area contributed by atoms with Gasteiger partial charge in [0.2, 0.25) is 0 Å². The maximum absolute atomic E-state index is 13.1. The predicted octanol–water partition coefficient (Wildman–Crippen LogP) is 7.17. The summed E-state index contributed by atoms with van der Waals surface area (Å²) in [5.74, 6) is 1.66. The molecule has 220 valence electrons. The van der Waals surface area contributed by atoms with Crippen molar-refractivity contribution < 1.29 is 14.3 Å². The zero-order valence-corrected chi connectivity index (χ0v) is 25.0. The van der Waals surface area contributed by atoms with Gasteiger partial charge >= 0.3 is 6.03 Å². The van der Waals surface area contributed by atoms with Gasteiger partial charge in [-0.2, -0.15) is 5.10 Å². The number of amides is 3.